The average Bonchev–Trinajstić information content (AvgIpc) is 3.16. The van der Waals surface area contributed by atoms with Gasteiger partial charge >= 0.3 is 0 Å². The summed E-state index contributed by atoms with van der Waals surface area (Å²) in [5.74, 6) is 0.699. The summed E-state index contributed by atoms with van der Waals surface area (Å²) in [4.78, 5) is 16.1. The molecular formula is C20H26N2O2S. The number of likely N-dealkylation sites (tertiary alicyclic amines) is 1. The quantitative estimate of drug-likeness (QED) is 0.819. The minimum atomic E-state index is -0.0678. The number of benzene rings is 1. The Bertz CT molecular complexity index is 666. The molecule has 1 amide bonds. The summed E-state index contributed by atoms with van der Waals surface area (Å²) in [6.45, 7) is 4.89. The highest BCUT2D eigenvalue weighted by Crippen LogP contribution is 2.27. The van der Waals surface area contributed by atoms with E-state index >= 15 is 0 Å². The highest BCUT2D eigenvalue weighted by Gasteiger charge is 2.23. The van der Waals surface area contributed by atoms with Crippen molar-refractivity contribution in [2.45, 2.75) is 32.2 Å². The fraction of sp³-hybridized carbons (Fsp3) is 0.450. The van der Waals surface area contributed by atoms with E-state index in [4.69, 9.17) is 4.74 Å². The van der Waals surface area contributed by atoms with Crippen molar-refractivity contribution in [2.75, 3.05) is 26.2 Å². The topological polar surface area (TPSA) is 41.6 Å². The van der Waals surface area contributed by atoms with Gasteiger partial charge in [0.05, 0.1) is 6.04 Å². The molecule has 1 aromatic carbocycles. The molecule has 2 heterocycles. The number of nitrogens with zero attached hydrogens (tertiary/aromatic N) is 1. The lowest BCUT2D eigenvalue weighted by Crippen LogP contribution is -2.41. The number of aryl methyl sites for hydroxylation is 1. The number of ether oxygens (including phenoxy) is 1. The van der Waals surface area contributed by atoms with Gasteiger partial charge in [0.1, 0.15) is 5.75 Å². The first-order valence-corrected chi connectivity index (χ1v) is 9.84. The molecule has 134 valence electrons. The van der Waals surface area contributed by atoms with Crippen LogP contribution in [0.5, 0.6) is 5.75 Å². The molecule has 0 bridgehead atoms. The van der Waals surface area contributed by atoms with E-state index in [0.717, 1.165) is 24.4 Å². The Morgan fingerprint density at radius 1 is 1.20 bits per heavy atom. The molecule has 0 unspecified atom stereocenters. The molecule has 1 fully saturated rings. The van der Waals surface area contributed by atoms with Gasteiger partial charge in [0.15, 0.2) is 6.61 Å². The van der Waals surface area contributed by atoms with Crippen molar-refractivity contribution in [3.8, 4) is 5.75 Å². The monoisotopic (exact) mass is 358 g/mol. The van der Waals surface area contributed by atoms with Crippen LogP contribution in [0, 0.1) is 6.92 Å². The minimum absolute atomic E-state index is 0.0576. The zero-order chi connectivity index (χ0) is 17.5. The van der Waals surface area contributed by atoms with Crippen LogP contribution in [-0.4, -0.2) is 37.0 Å². The molecule has 1 aromatic heterocycles. The van der Waals surface area contributed by atoms with E-state index in [2.05, 4.69) is 27.7 Å². The number of hydrogen-bond donors (Lipinski definition) is 1. The van der Waals surface area contributed by atoms with Crippen LogP contribution in [-0.2, 0) is 4.79 Å². The minimum Gasteiger partial charge on any atom is -0.484 e. The maximum absolute atomic E-state index is 12.2. The van der Waals surface area contributed by atoms with Crippen LogP contribution in [0.15, 0.2) is 41.8 Å². The third-order valence-electron chi connectivity index (χ3n) is 4.65. The predicted molar refractivity (Wildman–Crippen MR) is 102 cm³/mol. The van der Waals surface area contributed by atoms with Crippen LogP contribution in [0.4, 0.5) is 0 Å². The second-order valence-electron chi connectivity index (χ2n) is 6.49. The SMILES string of the molecule is Cc1ccccc1OCC(=O)NC[C@H](c1cccs1)N1CCCCC1. The third kappa shape index (κ3) is 5.06. The number of para-hydroxylation sites is 1. The molecule has 1 N–H and O–H groups in total. The van der Waals surface area contributed by atoms with Gasteiger partial charge in [0.2, 0.25) is 0 Å². The fourth-order valence-corrected chi connectivity index (χ4v) is 4.10. The van der Waals surface area contributed by atoms with Crippen molar-refractivity contribution in [2.24, 2.45) is 0 Å². The summed E-state index contributed by atoms with van der Waals surface area (Å²) in [5, 5.41) is 5.17. The van der Waals surface area contributed by atoms with Crippen LogP contribution in [0.25, 0.3) is 0 Å². The van der Waals surface area contributed by atoms with Crippen LogP contribution in [0.2, 0.25) is 0 Å². The van der Waals surface area contributed by atoms with Crippen LogP contribution < -0.4 is 10.1 Å². The van der Waals surface area contributed by atoms with E-state index < -0.39 is 0 Å². The molecule has 1 saturated heterocycles. The summed E-state index contributed by atoms with van der Waals surface area (Å²) >= 11 is 1.76. The van der Waals surface area contributed by atoms with E-state index in [0.29, 0.717) is 6.54 Å². The Morgan fingerprint density at radius 2 is 2.00 bits per heavy atom. The maximum atomic E-state index is 12.2. The summed E-state index contributed by atoms with van der Waals surface area (Å²) < 4.78 is 5.64. The van der Waals surface area contributed by atoms with Crippen molar-refractivity contribution in [1.82, 2.24) is 10.2 Å². The second-order valence-corrected chi connectivity index (χ2v) is 7.47. The largest absolute Gasteiger partial charge is 0.484 e. The van der Waals surface area contributed by atoms with Gasteiger partial charge in [0, 0.05) is 11.4 Å². The Balaban J connectivity index is 1.53. The van der Waals surface area contributed by atoms with E-state index in [1.807, 2.05) is 31.2 Å². The molecule has 1 aliphatic rings. The van der Waals surface area contributed by atoms with E-state index in [9.17, 15) is 4.79 Å². The van der Waals surface area contributed by atoms with E-state index in [1.54, 1.807) is 11.3 Å². The van der Waals surface area contributed by atoms with Gasteiger partial charge < -0.3 is 10.1 Å². The van der Waals surface area contributed by atoms with Crippen LogP contribution in [0.1, 0.15) is 35.7 Å². The lowest BCUT2D eigenvalue weighted by molar-refractivity contribution is -0.123. The lowest BCUT2D eigenvalue weighted by Gasteiger charge is -2.34. The van der Waals surface area contributed by atoms with Gasteiger partial charge in [-0.05, 0) is 55.9 Å². The lowest BCUT2D eigenvalue weighted by atomic mass is 10.1. The first-order chi connectivity index (χ1) is 12.2. The van der Waals surface area contributed by atoms with Crippen LogP contribution in [0.3, 0.4) is 0 Å². The number of hydrogen-bond acceptors (Lipinski definition) is 4. The first-order valence-electron chi connectivity index (χ1n) is 8.96. The molecule has 0 radical (unpaired) electrons. The van der Waals surface area contributed by atoms with Crippen molar-refractivity contribution in [3.63, 3.8) is 0 Å². The van der Waals surface area contributed by atoms with Gasteiger partial charge in [0.25, 0.3) is 5.91 Å². The summed E-state index contributed by atoms with van der Waals surface area (Å²) in [6.07, 6.45) is 3.79. The molecular weight excluding hydrogens is 332 g/mol. The van der Waals surface area contributed by atoms with Gasteiger partial charge in [-0.25, -0.2) is 0 Å². The number of thiophene rings is 1. The normalized spacial score (nSPS) is 16.4. The number of piperidine rings is 1. The van der Waals surface area contributed by atoms with Crippen molar-refractivity contribution in [1.29, 1.82) is 0 Å². The van der Waals surface area contributed by atoms with Crippen molar-refractivity contribution >= 4 is 17.2 Å². The molecule has 0 saturated carbocycles. The molecule has 3 rings (SSSR count). The smallest absolute Gasteiger partial charge is 0.258 e. The van der Waals surface area contributed by atoms with Gasteiger partial charge in [-0.3, -0.25) is 9.69 Å². The average molecular weight is 359 g/mol. The van der Waals surface area contributed by atoms with Gasteiger partial charge in [-0.1, -0.05) is 30.7 Å². The summed E-state index contributed by atoms with van der Waals surface area (Å²) in [6, 6.07) is 12.3. The number of rotatable bonds is 7. The summed E-state index contributed by atoms with van der Waals surface area (Å²) in [7, 11) is 0. The molecule has 1 atom stereocenters. The zero-order valence-electron chi connectivity index (χ0n) is 14.7. The van der Waals surface area contributed by atoms with E-state index in [1.165, 1.54) is 24.1 Å². The maximum Gasteiger partial charge on any atom is 0.258 e. The number of amides is 1. The number of nitrogens with one attached hydrogen (secondary N) is 1. The second kappa shape index (κ2) is 9.02. The number of carbonyl (C=O) groups excluding carboxylic acids is 1. The van der Waals surface area contributed by atoms with Gasteiger partial charge in [-0.15, -0.1) is 11.3 Å². The molecule has 4 nitrogen and oxygen atoms in total. The standard InChI is InChI=1S/C20H26N2O2S/c1-16-8-3-4-9-18(16)24-15-20(23)21-14-17(19-10-7-13-25-19)22-11-5-2-6-12-22/h3-4,7-10,13,17H,2,5-6,11-12,14-15H2,1H3,(H,21,23)/t17-/m1/s1. The number of carbonyl (C=O) groups is 1. The van der Waals surface area contributed by atoms with Crippen molar-refractivity contribution in [3.05, 3.63) is 52.2 Å². The third-order valence-corrected chi connectivity index (χ3v) is 5.62. The Hall–Kier alpha value is -1.85. The highest BCUT2D eigenvalue weighted by molar-refractivity contribution is 7.10. The highest BCUT2D eigenvalue weighted by atomic mass is 32.1. The van der Waals surface area contributed by atoms with E-state index in [-0.39, 0.29) is 18.6 Å². The van der Waals surface area contributed by atoms with Crippen LogP contribution >= 0.6 is 11.3 Å². The molecule has 0 spiro atoms. The molecule has 0 aliphatic carbocycles. The van der Waals surface area contributed by atoms with Crippen molar-refractivity contribution < 1.29 is 9.53 Å². The zero-order valence-corrected chi connectivity index (χ0v) is 15.6. The summed E-state index contributed by atoms with van der Waals surface area (Å²) in [5.41, 5.74) is 1.04. The fourth-order valence-electron chi connectivity index (χ4n) is 3.24. The molecule has 25 heavy (non-hydrogen) atoms. The molecule has 2 aromatic rings. The predicted octanol–water partition coefficient (Wildman–Crippen LogP) is 3.78. The first kappa shape index (κ1) is 18.0. The Kier molecular flexibility index (Phi) is 6.48. The molecule has 5 heteroatoms. The molecule has 1 aliphatic heterocycles. The van der Waals surface area contributed by atoms with Gasteiger partial charge in [-0.2, -0.15) is 0 Å². The Morgan fingerprint density at radius 3 is 2.72 bits per heavy atom. The Labute approximate surface area is 153 Å².